The second-order valence-electron chi connectivity index (χ2n) is 4.02. The Morgan fingerprint density at radius 3 is 2.88 bits per heavy atom. The van der Waals surface area contributed by atoms with Crippen molar-refractivity contribution in [2.24, 2.45) is 0 Å². The highest BCUT2D eigenvalue weighted by molar-refractivity contribution is 7.80. The van der Waals surface area contributed by atoms with Crippen LogP contribution < -0.4 is 0 Å². The molecule has 1 aromatic carbocycles. The Balaban J connectivity index is 2.22. The molecule has 1 aromatic rings. The number of fused-ring (bicyclic) bond motifs is 1. The first kappa shape index (κ1) is 12.4. The van der Waals surface area contributed by atoms with Crippen LogP contribution in [0.25, 0.3) is 0 Å². The lowest BCUT2D eigenvalue weighted by atomic mass is 9.98. The van der Waals surface area contributed by atoms with E-state index < -0.39 is 12.2 Å². The van der Waals surface area contributed by atoms with Gasteiger partial charge in [-0.05, 0) is 23.8 Å². The van der Waals surface area contributed by atoms with Crippen LogP contribution in [0.1, 0.15) is 34.0 Å². The maximum absolute atomic E-state index is 11.4. The zero-order valence-electron chi connectivity index (χ0n) is 9.17. The number of rotatable bonds is 4. The molecule has 1 aliphatic heterocycles. The fourth-order valence-corrected chi connectivity index (χ4v) is 2.09. The van der Waals surface area contributed by atoms with Crippen molar-refractivity contribution < 1.29 is 19.7 Å². The van der Waals surface area contributed by atoms with Gasteiger partial charge in [-0.3, -0.25) is 0 Å². The molecule has 0 aliphatic carbocycles. The maximum Gasteiger partial charge on any atom is 0.338 e. The van der Waals surface area contributed by atoms with Crippen LogP contribution in [0, 0.1) is 0 Å². The Kier molecular flexibility index (Phi) is 3.71. The summed E-state index contributed by atoms with van der Waals surface area (Å²) in [5.41, 5.74) is 1.81. The molecule has 1 aliphatic rings. The highest BCUT2D eigenvalue weighted by Crippen LogP contribution is 2.26. The number of aliphatic hydroxyl groups excluding tert-OH is 2. The summed E-state index contributed by atoms with van der Waals surface area (Å²) in [4.78, 5) is 11.4. The Bertz CT molecular complexity index is 433. The third kappa shape index (κ3) is 2.46. The highest BCUT2D eigenvalue weighted by atomic mass is 32.1. The van der Waals surface area contributed by atoms with Gasteiger partial charge in [-0.2, -0.15) is 12.6 Å². The summed E-state index contributed by atoms with van der Waals surface area (Å²) in [6.07, 6.45) is -1.48. The molecule has 1 heterocycles. The largest absolute Gasteiger partial charge is 0.457 e. The molecule has 2 unspecified atom stereocenters. The molecular weight excluding hydrogens is 240 g/mol. The van der Waals surface area contributed by atoms with Gasteiger partial charge in [0.2, 0.25) is 0 Å². The van der Waals surface area contributed by atoms with E-state index in [1.54, 1.807) is 18.2 Å². The minimum absolute atomic E-state index is 0.281. The Hall–Kier alpha value is -1.04. The number of cyclic esters (lactones) is 1. The predicted octanol–water partition coefficient (Wildman–Crippen LogP) is 1.07. The van der Waals surface area contributed by atoms with Crippen molar-refractivity contribution in [3.05, 3.63) is 34.9 Å². The lowest BCUT2D eigenvalue weighted by Gasteiger charge is -2.17. The van der Waals surface area contributed by atoms with Gasteiger partial charge in [-0.15, -0.1) is 0 Å². The number of thiol groups is 1. The molecule has 0 saturated carbocycles. The first-order chi connectivity index (χ1) is 8.13. The van der Waals surface area contributed by atoms with Crippen LogP contribution in [0.15, 0.2) is 18.2 Å². The molecule has 0 radical (unpaired) electrons. The fraction of sp³-hybridized carbons (Fsp3) is 0.417. The van der Waals surface area contributed by atoms with E-state index in [4.69, 9.17) is 4.74 Å². The van der Waals surface area contributed by atoms with E-state index in [-0.39, 0.29) is 12.6 Å². The maximum atomic E-state index is 11.4. The summed E-state index contributed by atoms with van der Waals surface area (Å²) in [5.74, 6) is 0.114. The van der Waals surface area contributed by atoms with Gasteiger partial charge >= 0.3 is 5.97 Å². The van der Waals surface area contributed by atoms with Gasteiger partial charge in [0.25, 0.3) is 0 Å². The standard InChI is InChI=1S/C12H14O4S/c13-10(3-4-17)11(14)7-1-2-8-6-16-12(15)9(8)5-7/h1-2,5,10-11,13-14,17H,3-4,6H2. The minimum atomic E-state index is -0.999. The molecule has 0 saturated heterocycles. The zero-order chi connectivity index (χ0) is 12.4. The summed E-state index contributed by atoms with van der Waals surface area (Å²) in [6.45, 7) is 0.281. The van der Waals surface area contributed by atoms with Crippen LogP contribution >= 0.6 is 12.6 Å². The quantitative estimate of drug-likeness (QED) is 0.555. The van der Waals surface area contributed by atoms with E-state index in [0.717, 1.165) is 5.56 Å². The van der Waals surface area contributed by atoms with Crippen molar-refractivity contribution >= 4 is 18.6 Å². The molecule has 2 rings (SSSR count). The van der Waals surface area contributed by atoms with Crippen molar-refractivity contribution in [1.82, 2.24) is 0 Å². The average Bonchev–Trinajstić information content (AvgIpc) is 2.70. The zero-order valence-corrected chi connectivity index (χ0v) is 10.1. The van der Waals surface area contributed by atoms with E-state index in [1.807, 2.05) is 0 Å². The van der Waals surface area contributed by atoms with Crippen LogP contribution in [0.3, 0.4) is 0 Å². The van der Waals surface area contributed by atoms with Gasteiger partial charge in [0.05, 0.1) is 11.7 Å². The number of carbonyl (C=O) groups is 1. The first-order valence-corrected chi connectivity index (χ1v) is 6.03. The number of carbonyl (C=O) groups excluding carboxylic acids is 1. The van der Waals surface area contributed by atoms with Crippen molar-refractivity contribution in [2.75, 3.05) is 5.75 Å². The summed E-state index contributed by atoms with van der Waals surface area (Å²) < 4.78 is 4.87. The van der Waals surface area contributed by atoms with Gasteiger partial charge in [0, 0.05) is 5.56 Å². The van der Waals surface area contributed by atoms with Crippen LogP contribution in [-0.2, 0) is 11.3 Å². The highest BCUT2D eigenvalue weighted by Gasteiger charge is 2.24. The smallest absolute Gasteiger partial charge is 0.338 e. The SMILES string of the molecule is O=C1OCc2ccc(C(O)C(O)CCS)cc21. The molecule has 0 bridgehead atoms. The minimum Gasteiger partial charge on any atom is -0.457 e. The van der Waals surface area contributed by atoms with E-state index >= 15 is 0 Å². The molecule has 2 atom stereocenters. The molecule has 0 spiro atoms. The third-order valence-electron chi connectivity index (χ3n) is 2.84. The van der Waals surface area contributed by atoms with Gasteiger partial charge in [-0.1, -0.05) is 12.1 Å². The van der Waals surface area contributed by atoms with E-state index in [0.29, 0.717) is 23.3 Å². The second-order valence-corrected chi connectivity index (χ2v) is 4.46. The molecular formula is C12H14O4S. The van der Waals surface area contributed by atoms with Crippen LogP contribution in [-0.4, -0.2) is 28.0 Å². The van der Waals surface area contributed by atoms with E-state index in [1.165, 1.54) is 0 Å². The predicted molar refractivity (Wildman–Crippen MR) is 65.0 cm³/mol. The normalized spacial score (nSPS) is 17.5. The van der Waals surface area contributed by atoms with Crippen molar-refractivity contribution in [3.63, 3.8) is 0 Å². The number of esters is 1. The molecule has 0 fully saturated rings. The van der Waals surface area contributed by atoms with Crippen LogP contribution in [0.4, 0.5) is 0 Å². The molecule has 0 aromatic heterocycles. The van der Waals surface area contributed by atoms with Crippen molar-refractivity contribution in [1.29, 1.82) is 0 Å². The number of hydrogen-bond acceptors (Lipinski definition) is 5. The number of aliphatic hydroxyl groups is 2. The fourth-order valence-electron chi connectivity index (χ4n) is 1.83. The van der Waals surface area contributed by atoms with Crippen molar-refractivity contribution in [2.45, 2.75) is 25.2 Å². The summed E-state index contributed by atoms with van der Waals surface area (Å²) >= 11 is 4.00. The second kappa shape index (κ2) is 5.08. The summed E-state index contributed by atoms with van der Waals surface area (Å²) in [6, 6.07) is 5.02. The van der Waals surface area contributed by atoms with Crippen LogP contribution in [0.2, 0.25) is 0 Å². The van der Waals surface area contributed by atoms with Gasteiger partial charge in [0.15, 0.2) is 0 Å². The monoisotopic (exact) mass is 254 g/mol. The molecule has 0 amide bonds. The molecule has 92 valence electrons. The first-order valence-electron chi connectivity index (χ1n) is 5.40. The molecule has 5 heteroatoms. The number of ether oxygens (including phenoxy) is 1. The molecule has 17 heavy (non-hydrogen) atoms. The Labute approximate surface area is 105 Å². The van der Waals surface area contributed by atoms with Crippen LogP contribution in [0.5, 0.6) is 0 Å². The van der Waals surface area contributed by atoms with E-state index in [9.17, 15) is 15.0 Å². The van der Waals surface area contributed by atoms with E-state index in [2.05, 4.69) is 12.6 Å². The third-order valence-corrected chi connectivity index (χ3v) is 3.10. The van der Waals surface area contributed by atoms with Crippen molar-refractivity contribution in [3.8, 4) is 0 Å². The molecule has 2 N–H and O–H groups in total. The number of hydrogen-bond donors (Lipinski definition) is 3. The van der Waals surface area contributed by atoms with Gasteiger partial charge < -0.3 is 14.9 Å². The summed E-state index contributed by atoms with van der Waals surface area (Å²) in [7, 11) is 0. The topological polar surface area (TPSA) is 66.8 Å². The Morgan fingerprint density at radius 1 is 1.41 bits per heavy atom. The summed E-state index contributed by atoms with van der Waals surface area (Å²) in [5, 5.41) is 19.6. The average molecular weight is 254 g/mol. The lowest BCUT2D eigenvalue weighted by molar-refractivity contribution is 0.0172. The lowest BCUT2D eigenvalue weighted by Crippen LogP contribution is -2.19. The van der Waals surface area contributed by atoms with Gasteiger partial charge in [-0.25, -0.2) is 4.79 Å². The molecule has 4 nitrogen and oxygen atoms in total. The van der Waals surface area contributed by atoms with Gasteiger partial charge in [0.1, 0.15) is 12.7 Å². The Morgan fingerprint density at radius 2 is 2.18 bits per heavy atom. The number of benzene rings is 1.